The van der Waals surface area contributed by atoms with E-state index in [0.717, 1.165) is 22.3 Å². The van der Waals surface area contributed by atoms with Gasteiger partial charge in [0.05, 0.1) is 0 Å². The summed E-state index contributed by atoms with van der Waals surface area (Å²) in [6.45, 7) is 3.88. The Labute approximate surface area is 94.7 Å². The van der Waals surface area contributed by atoms with Crippen LogP contribution in [0.4, 0.5) is 0 Å². The molecule has 0 spiro atoms. The van der Waals surface area contributed by atoms with Gasteiger partial charge in [0.25, 0.3) is 0 Å². The minimum absolute atomic E-state index is 0.163. The molecule has 1 aromatic rings. The van der Waals surface area contributed by atoms with Crippen LogP contribution < -0.4 is 0 Å². The number of carbonyl (C=O) groups excluding carboxylic acids is 1. The molecule has 0 saturated heterocycles. The summed E-state index contributed by atoms with van der Waals surface area (Å²) in [7, 11) is 0. The van der Waals surface area contributed by atoms with Gasteiger partial charge in [0.2, 0.25) is 0 Å². The highest BCUT2D eigenvalue weighted by molar-refractivity contribution is 7.98. The molecular formula is C12H16O2S. The summed E-state index contributed by atoms with van der Waals surface area (Å²) in [5.74, 6) is 0.469. The van der Waals surface area contributed by atoms with Gasteiger partial charge >= 0.3 is 0 Å². The Kier molecular flexibility index (Phi) is 4.21. The fourth-order valence-corrected chi connectivity index (χ4v) is 2.31. The lowest BCUT2D eigenvalue weighted by Crippen LogP contribution is -1.97. The highest BCUT2D eigenvalue weighted by Crippen LogP contribution is 2.33. The van der Waals surface area contributed by atoms with Crippen molar-refractivity contribution in [3.8, 4) is 5.75 Å². The van der Waals surface area contributed by atoms with E-state index in [1.165, 1.54) is 0 Å². The summed E-state index contributed by atoms with van der Waals surface area (Å²) in [5, 5.41) is 9.64. The van der Waals surface area contributed by atoms with Crippen molar-refractivity contribution in [2.24, 2.45) is 0 Å². The number of rotatable bonds is 4. The van der Waals surface area contributed by atoms with Crippen LogP contribution in [0.2, 0.25) is 0 Å². The van der Waals surface area contributed by atoms with Crippen LogP contribution in [0.1, 0.15) is 30.4 Å². The summed E-state index contributed by atoms with van der Waals surface area (Å²) >= 11 is 1.65. The van der Waals surface area contributed by atoms with Gasteiger partial charge in [0.1, 0.15) is 12.0 Å². The summed E-state index contributed by atoms with van der Waals surface area (Å²) in [6.07, 6.45) is 3.42. The second-order valence-corrected chi connectivity index (χ2v) is 4.53. The zero-order valence-corrected chi connectivity index (χ0v) is 10.1. The number of aromatic hydroxyl groups is 1. The van der Waals surface area contributed by atoms with Crippen molar-refractivity contribution in [2.75, 3.05) is 6.26 Å². The number of phenols is 1. The third-order valence-electron chi connectivity index (χ3n) is 2.53. The van der Waals surface area contributed by atoms with E-state index in [0.29, 0.717) is 12.2 Å². The van der Waals surface area contributed by atoms with Crippen LogP contribution >= 0.6 is 11.8 Å². The lowest BCUT2D eigenvalue weighted by Gasteiger charge is -2.14. The molecule has 0 aliphatic carbocycles. The molecule has 0 aromatic heterocycles. The topological polar surface area (TPSA) is 37.3 Å². The molecule has 2 nitrogen and oxygen atoms in total. The molecule has 0 aliphatic heterocycles. The number of carbonyl (C=O) groups is 1. The van der Waals surface area contributed by atoms with Gasteiger partial charge in [-0.3, -0.25) is 0 Å². The molecule has 0 bridgehead atoms. The zero-order chi connectivity index (χ0) is 11.4. The number of hydrogen-bond acceptors (Lipinski definition) is 3. The van der Waals surface area contributed by atoms with Crippen LogP contribution in [-0.2, 0) is 4.79 Å². The van der Waals surface area contributed by atoms with Crippen molar-refractivity contribution in [1.29, 1.82) is 0 Å². The molecule has 82 valence electrons. The molecular weight excluding hydrogens is 208 g/mol. The fourth-order valence-electron chi connectivity index (χ4n) is 1.52. The van der Waals surface area contributed by atoms with Gasteiger partial charge in [-0.1, -0.05) is 6.92 Å². The van der Waals surface area contributed by atoms with E-state index in [1.54, 1.807) is 17.8 Å². The lowest BCUT2D eigenvalue weighted by atomic mass is 9.97. The summed E-state index contributed by atoms with van der Waals surface area (Å²) in [5.41, 5.74) is 1.93. The van der Waals surface area contributed by atoms with Gasteiger partial charge in [-0.15, -0.1) is 11.8 Å². The Bertz CT molecular complexity index is 361. The molecule has 0 heterocycles. The molecule has 1 rings (SSSR count). The molecule has 1 atom stereocenters. The maximum Gasteiger partial charge on any atom is 0.120 e. The quantitative estimate of drug-likeness (QED) is 0.630. The van der Waals surface area contributed by atoms with Crippen molar-refractivity contribution >= 4 is 18.0 Å². The number of thioether (sulfide) groups is 1. The minimum atomic E-state index is 0.163. The Hall–Kier alpha value is -0.960. The first kappa shape index (κ1) is 12.1. The molecule has 0 saturated carbocycles. The Balaban J connectivity index is 3.14. The van der Waals surface area contributed by atoms with E-state index in [-0.39, 0.29) is 5.92 Å². The maximum absolute atomic E-state index is 10.5. The molecule has 0 amide bonds. The molecule has 3 heteroatoms. The molecule has 0 fully saturated rings. The van der Waals surface area contributed by atoms with Crippen LogP contribution in [0.15, 0.2) is 17.0 Å². The average Bonchev–Trinajstić information content (AvgIpc) is 2.21. The highest BCUT2D eigenvalue weighted by Gasteiger charge is 2.12. The van der Waals surface area contributed by atoms with Gasteiger partial charge in [-0.05, 0) is 42.4 Å². The van der Waals surface area contributed by atoms with Gasteiger partial charge in [-0.2, -0.15) is 0 Å². The number of phenolic OH excluding ortho intramolecular Hbond substituents is 1. The van der Waals surface area contributed by atoms with E-state index < -0.39 is 0 Å². The third kappa shape index (κ3) is 2.75. The first-order valence-electron chi connectivity index (χ1n) is 4.91. The molecule has 1 unspecified atom stereocenters. The van der Waals surface area contributed by atoms with Crippen LogP contribution in [-0.4, -0.2) is 17.6 Å². The van der Waals surface area contributed by atoms with E-state index >= 15 is 0 Å². The second kappa shape index (κ2) is 5.21. The first-order valence-corrected chi connectivity index (χ1v) is 6.13. The second-order valence-electron chi connectivity index (χ2n) is 3.68. The van der Waals surface area contributed by atoms with Crippen LogP contribution in [0, 0.1) is 6.92 Å². The molecule has 0 radical (unpaired) electrons. The number of aldehydes is 1. The van der Waals surface area contributed by atoms with Crippen LogP contribution in [0.3, 0.4) is 0 Å². The molecule has 1 aromatic carbocycles. The predicted octanol–water partition coefficient (Wildman–Crippen LogP) is 3.12. The maximum atomic E-state index is 10.5. The van der Waals surface area contributed by atoms with Gasteiger partial charge in [-0.25, -0.2) is 0 Å². The predicted molar refractivity (Wildman–Crippen MR) is 63.7 cm³/mol. The largest absolute Gasteiger partial charge is 0.508 e. The normalized spacial score (nSPS) is 12.5. The van der Waals surface area contributed by atoms with Gasteiger partial charge in [0.15, 0.2) is 0 Å². The highest BCUT2D eigenvalue weighted by atomic mass is 32.2. The van der Waals surface area contributed by atoms with E-state index in [9.17, 15) is 9.90 Å². The summed E-state index contributed by atoms with van der Waals surface area (Å²) < 4.78 is 0. The standard InChI is InChI=1S/C12H16O2S/c1-8(4-5-13)10-7-11(14)9(2)6-12(10)15-3/h5-8,14H,4H2,1-3H3. The SMILES string of the molecule is CSc1cc(C)c(O)cc1C(C)CC=O. The molecule has 15 heavy (non-hydrogen) atoms. The average molecular weight is 224 g/mol. The Morgan fingerprint density at radius 1 is 1.53 bits per heavy atom. The zero-order valence-electron chi connectivity index (χ0n) is 9.28. The van der Waals surface area contributed by atoms with Crippen molar-refractivity contribution in [3.05, 3.63) is 23.3 Å². The van der Waals surface area contributed by atoms with Crippen molar-refractivity contribution in [2.45, 2.75) is 31.1 Å². The smallest absolute Gasteiger partial charge is 0.120 e. The number of aryl methyl sites for hydroxylation is 1. The van der Waals surface area contributed by atoms with E-state index in [1.807, 2.05) is 26.2 Å². The van der Waals surface area contributed by atoms with Crippen LogP contribution in [0.25, 0.3) is 0 Å². The van der Waals surface area contributed by atoms with Gasteiger partial charge in [0, 0.05) is 11.3 Å². The molecule has 0 aliphatic rings. The fraction of sp³-hybridized carbons (Fsp3) is 0.417. The van der Waals surface area contributed by atoms with Crippen molar-refractivity contribution < 1.29 is 9.90 Å². The van der Waals surface area contributed by atoms with Crippen molar-refractivity contribution in [3.63, 3.8) is 0 Å². The summed E-state index contributed by atoms with van der Waals surface area (Å²) in [4.78, 5) is 11.6. The lowest BCUT2D eigenvalue weighted by molar-refractivity contribution is -0.108. The van der Waals surface area contributed by atoms with Gasteiger partial charge < -0.3 is 9.90 Å². The number of hydrogen-bond donors (Lipinski definition) is 1. The van der Waals surface area contributed by atoms with E-state index in [2.05, 4.69) is 0 Å². The monoisotopic (exact) mass is 224 g/mol. The van der Waals surface area contributed by atoms with E-state index in [4.69, 9.17) is 0 Å². The van der Waals surface area contributed by atoms with Crippen molar-refractivity contribution in [1.82, 2.24) is 0 Å². The Morgan fingerprint density at radius 3 is 2.73 bits per heavy atom. The number of benzene rings is 1. The molecule has 1 N–H and O–H groups in total. The minimum Gasteiger partial charge on any atom is -0.508 e. The van der Waals surface area contributed by atoms with Crippen LogP contribution in [0.5, 0.6) is 5.75 Å². The third-order valence-corrected chi connectivity index (χ3v) is 3.32. The Morgan fingerprint density at radius 2 is 2.20 bits per heavy atom. The summed E-state index contributed by atoms with van der Waals surface area (Å²) in [6, 6.07) is 3.74. The first-order chi connectivity index (χ1) is 7.10.